The van der Waals surface area contributed by atoms with Crippen LogP contribution in [0.15, 0.2) is 81.1 Å². The van der Waals surface area contributed by atoms with E-state index in [0.29, 0.717) is 28.2 Å². The summed E-state index contributed by atoms with van der Waals surface area (Å²) in [5.41, 5.74) is 1.17. The highest BCUT2D eigenvalue weighted by Crippen LogP contribution is 2.23. The summed E-state index contributed by atoms with van der Waals surface area (Å²) in [6.45, 7) is 5.73. The molecule has 0 atom stereocenters. The molecule has 7 nitrogen and oxygen atoms in total. The van der Waals surface area contributed by atoms with Gasteiger partial charge < -0.3 is 10.1 Å². The molecule has 0 aliphatic heterocycles. The molecule has 1 aromatic heterocycles. The molecule has 1 heterocycles. The molecule has 36 heavy (non-hydrogen) atoms. The van der Waals surface area contributed by atoms with Gasteiger partial charge in [0.1, 0.15) is 17.4 Å². The highest BCUT2D eigenvalue weighted by Gasteiger charge is 2.22. The number of carbonyl (C=O) groups excluding carboxylic acids is 1. The third kappa shape index (κ3) is 6.04. The van der Waals surface area contributed by atoms with Crippen molar-refractivity contribution in [3.8, 4) is 5.75 Å². The van der Waals surface area contributed by atoms with E-state index in [9.17, 15) is 14.0 Å². The van der Waals surface area contributed by atoms with Crippen LogP contribution in [0.25, 0.3) is 10.9 Å². The van der Waals surface area contributed by atoms with Crippen LogP contribution < -0.4 is 15.6 Å². The van der Waals surface area contributed by atoms with E-state index in [4.69, 9.17) is 9.72 Å². The predicted octanol–water partition coefficient (Wildman–Crippen LogP) is 5.50. The quantitative estimate of drug-likeness (QED) is 0.321. The molecule has 0 spiro atoms. The molecule has 0 saturated heterocycles. The molecule has 0 unspecified atom stereocenters. The summed E-state index contributed by atoms with van der Waals surface area (Å²) in [4.78, 5) is 30.0. The Morgan fingerprint density at radius 1 is 1.11 bits per heavy atom. The molecule has 0 aliphatic carbocycles. The smallest absolute Gasteiger partial charge is 0.282 e. The molecule has 9 heteroatoms. The first-order chi connectivity index (χ1) is 17.1. The zero-order valence-electron chi connectivity index (χ0n) is 20.0. The summed E-state index contributed by atoms with van der Waals surface area (Å²) in [6, 6.07) is 17.8. The van der Waals surface area contributed by atoms with Crippen molar-refractivity contribution in [2.24, 2.45) is 5.10 Å². The minimum absolute atomic E-state index is 0.201. The lowest BCUT2D eigenvalue weighted by molar-refractivity contribution is -0.118. The second kappa shape index (κ2) is 10.4. The van der Waals surface area contributed by atoms with Gasteiger partial charge in [-0.15, -0.1) is 0 Å². The topological polar surface area (TPSA) is 85.6 Å². The number of carbonyl (C=O) groups is 1. The average molecular weight is 551 g/mol. The van der Waals surface area contributed by atoms with E-state index in [-0.39, 0.29) is 23.9 Å². The molecule has 0 saturated carbocycles. The number of nitrogens with zero attached hydrogens (tertiary/aromatic N) is 3. The summed E-state index contributed by atoms with van der Waals surface area (Å²) in [6.07, 6.45) is 1.58. The fourth-order valence-electron chi connectivity index (χ4n) is 3.40. The van der Waals surface area contributed by atoms with Crippen LogP contribution in [0.2, 0.25) is 0 Å². The predicted molar refractivity (Wildman–Crippen MR) is 142 cm³/mol. The lowest BCUT2D eigenvalue weighted by atomic mass is 9.95. The van der Waals surface area contributed by atoms with Gasteiger partial charge in [-0.3, -0.25) is 9.59 Å². The maximum absolute atomic E-state index is 13.2. The van der Waals surface area contributed by atoms with Crippen LogP contribution in [0, 0.1) is 5.82 Å². The molecular formula is C27H24BrFN4O3. The lowest BCUT2D eigenvalue weighted by Crippen LogP contribution is -2.29. The third-order valence-corrected chi connectivity index (χ3v) is 5.67. The van der Waals surface area contributed by atoms with Gasteiger partial charge in [0.25, 0.3) is 11.5 Å². The second-order valence-corrected chi connectivity index (χ2v) is 10.0. The van der Waals surface area contributed by atoms with Crippen LogP contribution in [0.5, 0.6) is 5.75 Å². The number of ether oxygens (including phenoxy) is 1. The van der Waals surface area contributed by atoms with Crippen LogP contribution in [0.4, 0.5) is 10.1 Å². The lowest BCUT2D eigenvalue weighted by Gasteiger charge is -2.20. The fraction of sp³-hybridized carbons (Fsp3) is 0.185. The van der Waals surface area contributed by atoms with Crippen molar-refractivity contribution in [2.45, 2.75) is 26.2 Å². The number of fused-ring (bicyclic) bond motifs is 1. The first-order valence-corrected chi connectivity index (χ1v) is 11.9. The summed E-state index contributed by atoms with van der Waals surface area (Å²) in [7, 11) is 0. The number of benzene rings is 3. The van der Waals surface area contributed by atoms with Crippen LogP contribution >= 0.6 is 15.9 Å². The van der Waals surface area contributed by atoms with Crippen LogP contribution in [-0.4, -0.2) is 28.4 Å². The SMILES string of the molecule is CC(C)(C)c1nc2ccc(Br)cc2c(=O)n1N=Cc1ccc(OCC(=O)Nc2ccc(F)cc2)cc1. The number of anilines is 1. The first kappa shape index (κ1) is 25.2. The summed E-state index contributed by atoms with van der Waals surface area (Å²) >= 11 is 3.41. The zero-order chi connectivity index (χ0) is 25.9. The van der Waals surface area contributed by atoms with Gasteiger partial charge in [-0.1, -0.05) is 36.7 Å². The van der Waals surface area contributed by atoms with Crippen molar-refractivity contribution in [3.05, 3.63) is 98.8 Å². The van der Waals surface area contributed by atoms with Crippen LogP contribution in [0.3, 0.4) is 0 Å². The van der Waals surface area contributed by atoms with Crippen molar-refractivity contribution in [2.75, 3.05) is 11.9 Å². The van der Waals surface area contributed by atoms with E-state index in [0.717, 1.165) is 10.0 Å². The van der Waals surface area contributed by atoms with E-state index in [2.05, 4.69) is 26.3 Å². The highest BCUT2D eigenvalue weighted by molar-refractivity contribution is 9.10. The second-order valence-electron chi connectivity index (χ2n) is 9.12. The normalized spacial score (nSPS) is 11.7. The van der Waals surface area contributed by atoms with E-state index in [1.54, 1.807) is 36.5 Å². The third-order valence-electron chi connectivity index (χ3n) is 5.18. The van der Waals surface area contributed by atoms with E-state index < -0.39 is 5.41 Å². The van der Waals surface area contributed by atoms with Crippen LogP contribution in [0.1, 0.15) is 32.2 Å². The number of nitrogens with one attached hydrogen (secondary N) is 1. The summed E-state index contributed by atoms with van der Waals surface area (Å²) in [5, 5.41) is 7.55. The van der Waals surface area contributed by atoms with E-state index >= 15 is 0 Å². The Balaban J connectivity index is 1.49. The Morgan fingerprint density at radius 2 is 1.81 bits per heavy atom. The van der Waals surface area contributed by atoms with Gasteiger partial charge in [-0.2, -0.15) is 9.78 Å². The molecule has 0 aliphatic rings. The van der Waals surface area contributed by atoms with Gasteiger partial charge >= 0.3 is 0 Å². The van der Waals surface area contributed by atoms with Crippen molar-refractivity contribution in [3.63, 3.8) is 0 Å². The molecule has 1 N–H and O–H groups in total. The average Bonchev–Trinajstić information content (AvgIpc) is 2.84. The first-order valence-electron chi connectivity index (χ1n) is 11.2. The van der Waals surface area contributed by atoms with Crippen molar-refractivity contribution in [1.82, 2.24) is 9.66 Å². The highest BCUT2D eigenvalue weighted by atomic mass is 79.9. The Morgan fingerprint density at radius 3 is 2.47 bits per heavy atom. The maximum Gasteiger partial charge on any atom is 0.282 e. The van der Waals surface area contributed by atoms with Crippen molar-refractivity contribution < 1.29 is 13.9 Å². The van der Waals surface area contributed by atoms with Gasteiger partial charge in [0.15, 0.2) is 6.61 Å². The minimum Gasteiger partial charge on any atom is -0.484 e. The van der Waals surface area contributed by atoms with Gasteiger partial charge in [0.05, 0.1) is 17.1 Å². The van der Waals surface area contributed by atoms with Crippen molar-refractivity contribution >= 4 is 44.6 Å². The number of aromatic nitrogens is 2. The Hall–Kier alpha value is -3.85. The van der Waals surface area contributed by atoms with Gasteiger partial charge in [-0.05, 0) is 72.3 Å². The minimum atomic E-state index is -0.413. The largest absolute Gasteiger partial charge is 0.484 e. The maximum atomic E-state index is 13.2. The van der Waals surface area contributed by atoms with Gasteiger partial charge in [0.2, 0.25) is 0 Å². The van der Waals surface area contributed by atoms with Crippen molar-refractivity contribution in [1.29, 1.82) is 0 Å². The number of hydrogen-bond donors (Lipinski definition) is 1. The Labute approximate surface area is 215 Å². The monoisotopic (exact) mass is 550 g/mol. The van der Waals surface area contributed by atoms with Gasteiger partial charge in [0, 0.05) is 15.6 Å². The molecule has 3 aromatic carbocycles. The fourth-order valence-corrected chi connectivity index (χ4v) is 3.76. The number of halogens is 2. The molecule has 184 valence electrons. The molecule has 0 fully saturated rings. The molecule has 0 radical (unpaired) electrons. The Bertz CT molecular complexity index is 1490. The van der Waals surface area contributed by atoms with E-state index in [1.807, 2.05) is 32.9 Å². The van der Waals surface area contributed by atoms with E-state index in [1.165, 1.54) is 28.9 Å². The number of rotatable bonds is 6. The molecule has 1 amide bonds. The summed E-state index contributed by atoms with van der Waals surface area (Å²) < 4.78 is 20.6. The Kier molecular flexibility index (Phi) is 7.30. The standard InChI is InChI=1S/C27H24BrFN4O3/c1-27(2,3)26-32-23-13-6-18(28)14-22(23)25(35)33(26)30-15-17-4-11-21(12-5-17)36-16-24(34)31-20-9-7-19(29)8-10-20/h4-15H,16H2,1-3H3,(H,31,34). The molecule has 4 aromatic rings. The van der Waals surface area contributed by atoms with Crippen LogP contribution in [-0.2, 0) is 10.2 Å². The number of hydrogen-bond acceptors (Lipinski definition) is 5. The molecule has 4 rings (SSSR count). The number of amides is 1. The zero-order valence-corrected chi connectivity index (χ0v) is 21.5. The molecular weight excluding hydrogens is 527 g/mol. The summed E-state index contributed by atoms with van der Waals surface area (Å²) in [5.74, 6) is 0.297. The van der Waals surface area contributed by atoms with Gasteiger partial charge in [-0.25, -0.2) is 9.37 Å². The molecule has 0 bridgehead atoms.